The van der Waals surface area contributed by atoms with Crippen molar-refractivity contribution in [2.24, 2.45) is 0 Å². The fraction of sp³-hybridized carbons (Fsp3) is 0.875. The lowest BCUT2D eigenvalue weighted by Crippen LogP contribution is -2.59. The first-order valence-corrected chi connectivity index (χ1v) is 4.41. The van der Waals surface area contributed by atoms with Gasteiger partial charge in [0.25, 0.3) is 0 Å². The molecule has 0 saturated carbocycles. The summed E-state index contributed by atoms with van der Waals surface area (Å²) in [6.45, 7) is 1.69. The molecule has 0 amide bonds. The first-order valence-electron chi connectivity index (χ1n) is 4.41. The topological polar surface area (TPSA) is 107 Å². The van der Waals surface area contributed by atoms with E-state index in [4.69, 9.17) is 9.84 Å². The molecule has 0 aliphatic carbocycles. The highest BCUT2D eigenvalue weighted by Gasteiger charge is 2.45. The van der Waals surface area contributed by atoms with E-state index < -0.39 is 36.5 Å². The molecule has 5 atom stereocenters. The van der Waals surface area contributed by atoms with Crippen LogP contribution in [0.25, 0.3) is 0 Å². The predicted octanol–water partition coefficient (Wildman–Crippen LogP) is -1.67. The number of aliphatic hydroxyl groups is 3. The number of carboxylic acid groups (broad SMARTS) is 1. The number of ether oxygens (including phenoxy) is 1. The highest BCUT2D eigenvalue weighted by atomic mass is 16.6. The zero-order valence-electron chi connectivity index (χ0n) is 7.70. The highest BCUT2D eigenvalue weighted by Crippen LogP contribution is 2.23. The van der Waals surface area contributed by atoms with E-state index in [2.05, 4.69) is 0 Å². The van der Waals surface area contributed by atoms with Crippen molar-refractivity contribution in [3.8, 4) is 0 Å². The van der Waals surface area contributed by atoms with Crippen molar-refractivity contribution >= 4 is 5.97 Å². The molecule has 1 rings (SSSR count). The SMILES string of the molecule is CC[C@H]1O[C@@H](C(=O)O)[C@H](O)[C@@H](O)[C@@H]1O. The standard InChI is InChI=1S/C8H14O6/c1-2-3-4(9)5(10)6(11)7(14-3)8(12)13/h3-7,9-11H,2H2,1H3,(H,12,13)/t3-,4-,5+,6-,7-/m1/s1. The minimum absolute atomic E-state index is 0.370. The Kier molecular flexibility index (Phi) is 3.43. The average molecular weight is 206 g/mol. The van der Waals surface area contributed by atoms with Crippen molar-refractivity contribution in [3.63, 3.8) is 0 Å². The molecule has 0 unspecified atom stereocenters. The van der Waals surface area contributed by atoms with Gasteiger partial charge in [-0.15, -0.1) is 0 Å². The molecular formula is C8H14O6. The van der Waals surface area contributed by atoms with E-state index in [0.29, 0.717) is 6.42 Å². The summed E-state index contributed by atoms with van der Waals surface area (Å²) >= 11 is 0. The zero-order chi connectivity index (χ0) is 10.9. The fourth-order valence-electron chi connectivity index (χ4n) is 1.49. The molecule has 82 valence electrons. The Labute approximate surface area is 80.7 Å². The maximum Gasteiger partial charge on any atom is 0.335 e. The second-order valence-electron chi connectivity index (χ2n) is 3.31. The Morgan fingerprint density at radius 1 is 1.21 bits per heavy atom. The van der Waals surface area contributed by atoms with Crippen LogP contribution in [0.4, 0.5) is 0 Å². The molecule has 6 heteroatoms. The van der Waals surface area contributed by atoms with Gasteiger partial charge in [-0.05, 0) is 6.42 Å². The molecule has 0 spiro atoms. The maximum atomic E-state index is 10.6. The van der Waals surface area contributed by atoms with Gasteiger partial charge in [-0.3, -0.25) is 0 Å². The van der Waals surface area contributed by atoms with Gasteiger partial charge in [-0.25, -0.2) is 4.79 Å². The van der Waals surface area contributed by atoms with Gasteiger partial charge in [0.1, 0.15) is 18.3 Å². The van der Waals surface area contributed by atoms with Crippen molar-refractivity contribution in [2.75, 3.05) is 0 Å². The predicted molar refractivity (Wildman–Crippen MR) is 44.6 cm³/mol. The fourth-order valence-corrected chi connectivity index (χ4v) is 1.49. The van der Waals surface area contributed by atoms with E-state index in [-0.39, 0.29) is 0 Å². The van der Waals surface area contributed by atoms with Gasteiger partial charge in [0.15, 0.2) is 6.10 Å². The van der Waals surface area contributed by atoms with Gasteiger partial charge >= 0.3 is 5.97 Å². The van der Waals surface area contributed by atoms with Crippen molar-refractivity contribution in [1.82, 2.24) is 0 Å². The van der Waals surface area contributed by atoms with Gasteiger partial charge in [0.2, 0.25) is 0 Å². The van der Waals surface area contributed by atoms with Crippen LogP contribution in [0.5, 0.6) is 0 Å². The monoisotopic (exact) mass is 206 g/mol. The minimum atomic E-state index is -1.59. The minimum Gasteiger partial charge on any atom is -0.479 e. The average Bonchev–Trinajstić information content (AvgIpc) is 2.14. The van der Waals surface area contributed by atoms with E-state index in [1.807, 2.05) is 0 Å². The lowest BCUT2D eigenvalue weighted by atomic mass is 9.94. The van der Waals surface area contributed by atoms with E-state index in [9.17, 15) is 20.1 Å². The number of rotatable bonds is 2. The molecule has 1 heterocycles. The Hall–Kier alpha value is -0.690. The largest absolute Gasteiger partial charge is 0.479 e. The molecule has 4 N–H and O–H groups in total. The van der Waals surface area contributed by atoms with E-state index in [1.54, 1.807) is 6.92 Å². The van der Waals surface area contributed by atoms with E-state index in [0.717, 1.165) is 0 Å². The van der Waals surface area contributed by atoms with Crippen LogP contribution in [-0.2, 0) is 9.53 Å². The Morgan fingerprint density at radius 2 is 1.79 bits per heavy atom. The molecule has 14 heavy (non-hydrogen) atoms. The molecule has 6 nitrogen and oxygen atoms in total. The van der Waals surface area contributed by atoms with Crippen LogP contribution < -0.4 is 0 Å². The number of hydrogen-bond acceptors (Lipinski definition) is 5. The Morgan fingerprint density at radius 3 is 2.21 bits per heavy atom. The molecule has 1 fully saturated rings. The third kappa shape index (κ3) is 1.88. The highest BCUT2D eigenvalue weighted by molar-refractivity contribution is 5.73. The second-order valence-corrected chi connectivity index (χ2v) is 3.31. The first kappa shape index (κ1) is 11.4. The summed E-state index contributed by atoms with van der Waals surface area (Å²) in [5, 5.41) is 36.6. The number of aliphatic hydroxyl groups excluding tert-OH is 3. The smallest absolute Gasteiger partial charge is 0.335 e. The van der Waals surface area contributed by atoms with Crippen LogP contribution in [0.2, 0.25) is 0 Å². The summed E-state index contributed by atoms with van der Waals surface area (Å²) in [7, 11) is 0. The quantitative estimate of drug-likeness (QED) is 0.430. The summed E-state index contributed by atoms with van der Waals surface area (Å²) < 4.78 is 4.93. The summed E-state index contributed by atoms with van der Waals surface area (Å²) in [6, 6.07) is 0. The van der Waals surface area contributed by atoms with Crippen molar-refractivity contribution < 1.29 is 30.0 Å². The van der Waals surface area contributed by atoms with Gasteiger partial charge in [-0.1, -0.05) is 6.92 Å². The normalized spacial score (nSPS) is 43.6. The summed E-state index contributed by atoms with van der Waals surface area (Å²) in [6.07, 6.45) is -6.17. The number of carboxylic acids is 1. The van der Waals surface area contributed by atoms with Crippen LogP contribution >= 0.6 is 0 Å². The van der Waals surface area contributed by atoms with E-state index in [1.165, 1.54) is 0 Å². The van der Waals surface area contributed by atoms with Crippen LogP contribution in [0.15, 0.2) is 0 Å². The number of carbonyl (C=O) groups is 1. The third-order valence-corrected chi connectivity index (χ3v) is 2.36. The van der Waals surface area contributed by atoms with Gasteiger partial charge in [0.05, 0.1) is 6.10 Å². The molecule has 1 aliphatic heterocycles. The van der Waals surface area contributed by atoms with Crippen molar-refractivity contribution in [3.05, 3.63) is 0 Å². The molecule has 1 saturated heterocycles. The Balaban J connectivity index is 2.78. The maximum absolute atomic E-state index is 10.6. The molecule has 0 radical (unpaired) electrons. The summed E-state index contributed by atoms with van der Waals surface area (Å²) in [5.41, 5.74) is 0. The summed E-state index contributed by atoms with van der Waals surface area (Å²) in [5.74, 6) is -1.35. The van der Waals surface area contributed by atoms with E-state index >= 15 is 0 Å². The van der Waals surface area contributed by atoms with Crippen LogP contribution in [0, 0.1) is 0 Å². The lowest BCUT2D eigenvalue weighted by Gasteiger charge is -2.38. The van der Waals surface area contributed by atoms with Crippen LogP contribution in [-0.4, -0.2) is 56.9 Å². The lowest BCUT2D eigenvalue weighted by molar-refractivity contribution is -0.227. The summed E-state index contributed by atoms with van der Waals surface area (Å²) in [4.78, 5) is 10.6. The van der Waals surface area contributed by atoms with Crippen LogP contribution in [0.3, 0.4) is 0 Å². The molecule has 0 bridgehead atoms. The molecule has 1 aliphatic rings. The van der Waals surface area contributed by atoms with Gasteiger partial charge in [0, 0.05) is 0 Å². The molecule has 0 aromatic rings. The number of aliphatic carboxylic acids is 1. The van der Waals surface area contributed by atoms with Crippen molar-refractivity contribution in [1.29, 1.82) is 0 Å². The Bertz CT molecular complexity index is 216. The first-order chi connectivity index (χ1) is 6.49. The zero-order valence-corrected chi connectivity index (χ0v) is 7.70. The molecular weight excluding hydrogens is 192 g/mol. The number of hydrogen-bond donors (Lipinski definition) is 4. The van der Waals surface area contributed by atoms with Crippen molar-refractivity contribution in [2.45, 2.75) is 43.9 Å². The van der Waals surface area contributed by atoms with Gasteiger partial charge < -0.3 is 25.2 Å². The second kappa shape index (κ2) is 4.22. The molecule has 0 aromatic heterocycles. The molecule has 0 aromatic carbocycles. The third-order valence-electron chi connectivity index (χ3n) is 2.36. The van der Waals surface area contributed by atoms with Gasteiger partial charge in [-0.2, -0.15) is 0 Å². The van der Waals surface area contributed by atoms with Crippen LogP contribution in [0.1, 0.15) is 13.3 Å².